The second kappa shape index (κ2) is 6.76. The van der Waals surface area contributed by atoms with Crippen LogP contribution in [0.2, 0.25) is 0 Å². The third kappa shape index (κ3) is 2.79. The number of rotatable bonds is 2. The van der Waals surface area contributed by atoms with E-state index >= 15 is 0 Å². The van der Waals surface area contributed by atoms with Crippen molar-refractivity contribution in [3.63, 3.8) is 0 Å². The summed E-state index contributed by atoms with van der Waals surface area (Å²) in [6.07, 6.45) is 4.12. The summed E-state index contributed by atoms with van der Waals surface area (Å²) in [5.41, 5.74) is 5.12. The van der Waals surface area contributed by atoms with Crippen molar-refractivity contribution in [2.75, 3.05) is 6.54 Å². The van der Waals surface area contributed by atoms with Gasteiger partial charge in [0.25, 0.3) is 5.91 Å². The van der Waals surface area contributed by atoms with Crippen molar-refractivity contribution < 1.29 is 4.79 Å². The summed E-state index contributed by atoms with van der Waals surface area (Å²) < 4.78 is 3.73. The fourth-order valence-electron chi connectivity index (χ4n) is 4.15. The van der Waals surface area contributed by atoms with Gasteiger partial charge in [-0.1, -0.05) is 0 Å². The van der Waals surface area contributed by atoms with E-state index < -0.39 is 0 Å². The normalized spacial score (nSPS) is 13.8. The van der Waals surface area contributed by atoms with Crippen molar-refractivity contribution in [2.45, 2.75) is 40.3 Å². The lowest BCUT2D eigenvalue weighted by Crippen LogP contribution is -2.39. The van der Waals surface area contributed by atoms with E-state index in [-0.39, 0.29) is 16.9 Å². The predicted molar refractivity (Wildman–Crippen MR) is 113 cm³/mol. The number of fused-ring (bicyclic) bond motifs is 4. The Labute approximate surface area is 172 Å². The zero-order valence-electron chi connectivity index (χ0n) is 17.2. The molecule has 0 unspecified atom stereocenters. The second-order valence-corrected chi connectivity index (χ2v) is 7.74. The zero-order valence-corrected chi connectivity index (χ0v) is 17.2. The summed E-state index contributed by atoms with van der Waals surface area (Å²) in [6.45, 7) is 7.36. The van der Waals surface area contributed by atoms with Gasteiger partial charge in [-0.3, -0.25) is 9.59 Å². The molecule has 0 atom stereocenters. The summed E-state index contributed by atoms with van der Waals surface area (Å²) in [5, 5.41) is 5.00. The van der Waals surface area contributed by atoms with Crippen molar-refractivity contribution in [1.29, 1.82) is 0 Å². The van der Waals surface area contributed by atoms with Crippen LogP contribution in [0.1, 0.15) is 39.9 Å². The Morgan fingerprint density at radius 2 is 2.03 bits per heavy atom. The molecular formula is C22H22N6O2. The first kappa shape index (κ1) is 18.5. The smallest absolute Gasteiger partial charge is 0.259 e. The van der Waals surface area contributed by atoms with E-state index in [2.05, 4.69) is 15.1 Å². The van der Waals surface area contributed by atoms with Crippen LogP contribution >= 0.6 is 0 Å². The van der Waals surface area contributed by atoms with Crippen molar-refractivity contribution >= 4 is 22.6 Å². The predicted octanol–water partition coefficient (Wildman–Crippen LogP) is 2.27. The number of nitrogens with zero attached hydrogens (tertiary/aromatic N) is 6. The maximum Gasteiger partial charge on any atom is 0.259 e. The third-order valence-electron chi connectivity index (χ3n) is 5.69. The largest absolute Gasteiger partial charge is 0.334 e. The first-order chi connectivity index (χ1) is 14.5. The molecule has 1 amide bonds. The molecule has 1 aliphatic heterocycles. The van der Waals surface area contributed by atoms with Crippen molar-refractivity contribution in [1.82, 2.24) is 29.0 Å². The van der Waals surface area contributed by atoms with E-state index in [1.807, 2.05) is 42.1 Å². The van der Waals surface area contributed by atoms with E-state index in [9.17, 15) is 9.59 Å². The number of hydrogen-bond acceptors (Lipinski definition) is 5. The quantitative estimate of drug-likeness (QED) is 0.514. The number of aromatic nitrogens is 5. The van der Waals surface area contributed by atoms with Gasteiger partial charge in [0.15, 0.2) is 5.65 Å². The van der Waals surface area contributed by atoms with E-state index in [4.69, 9.17) is 0 Å². The third-order valence-corrected chi connectivity index (χ3v) is 5.69. The fraction of sp³-hybridized carbons (Fsp3) is 0.318. The summed E-state index contributed by atoms with van der Waals surface area (Å²) in [6, 6.07) is 5.50. The van der Waals surface area contributed by atoms with Crippen LogP contribution in [0.25, 0.3) is 16.7 Å². The first-order valence-electron chi connectivity index (χ1n) is 10.1. The number of carbonyl (C=O) groups excluding carboxylic acids is 1. The van der Waals surface area contributed by atoms with Gasteiger partial charge in [0.05, 0.1) is 16.8 Å². The van der Waals surface area contributed by atoms with Gasteiger partial charge in [-0.2, -0.15) is 5.10 Å². The highest BCUT2D eigenvalue weighted by Crippen LogP contribution is 2.21. The molecule has 0 saturated carbocycles. The lowest BCUT2D eigenvalue weighted by atomic mass is 10.1. The van der Waals surface area contributed by atoms with Crippen LogP contribution in [0.5, 0.6) is 0 Å². The number of amides is 1. The monoisotopic (exact) mass is 402 g/mol. The van der Waals surface area contributed by atoms with Crippen LogP contribution in [0.3, 0.4) is 0 Å². The molecule has 0 bridgehead atoms. The molecule has 0 spiro atoms. The Balaban J connectivity index is 1.55. The highest BCUT2D eigenvalue weighted by Gasteiger charge is 2.27. The molecule has 5 rings (SSSR count). The minimum atomic E-state index is -0.269. The molecule has 8 heteroatoms. The molecule has 30 heavy (non-hydrogen) atoms. The summed E-state index contributed by atoms with van der Waals surface area (Å²) in [4.78, 5) is 37.1. The van der Waals surface area contributed by atoms with Crippen LogP contribution in [0, 0.1) is 13.8 Å². The van der Waals surface area contributed by atoms with Crippen LogP contribution in [-0.2, 0) is 19.5 Å². The highest BCUT2D eigenvalue weighted by molar-refractivity contribution is 5.97. The maximum absolute atomic E-state index is 13.3. The molecule has 152 valence electrons. The molecule has 0 radical (unpaired) electrons. The summed E-state index contributed by atoms with van der Waals surface area (Å²) in [7, 11) is 0. The molecule has 0 aromatic carbocycles. The van der Waals surface area contributed by atoms with Gasteiger partial charge in [-0.05, 0) is 32.9 Å². The fourth-order valence-corrected chi connectivity index (χ4v) is 4.15. The molecule has 8 nitrogen and oxygen atoms in total. The Morgan fingerprint density at radius 3 is 2.83 bits per heavy atom. The molecule has 5 heterocycles. The van der Waals surface area contributed by atoms with Gasteiger partial charge in [0.1, 0.15) is 11.2 Å². The molecule has 0 N–H and O–H groups in total. The van der Waals surface area contributed by atoms with Gasteiger partial charge >= 0.3 is 0 Å². The number of pyridine rings is 2. The Hall–Kier alpha value is -3.55. The van der Waals surface area contributed by atoms with E-state index in [0.717, 1.165) is 28.3 Å². The second-order valence-electron chi connectivity index (χ2n) is 7.74. The summed E-state index contributed by atoms with van der Waals surface area (Å²) in [5.74, 6) is -0.257. The molecule has 0 aliphatic carbocycles. The Bertz CT molecular complexity index is 1380. The molecule has 4 aromatic rings. The lowest BCUT2D eigenvalue weighted by molar-refractivity contribution is 0.0730. The van der Waals surface area contributed by atoms with Crippen molar-refractivity contribution in [3.05, 3.63) is 69.0 Å². The minimum absolute atomic E-state index is 0.183. The molecular weight excluding hydrogens is 380 g/mol. The Morgan fingerprint density at radius 1 is 1.20 bits per heavy atom. The number of carbonyl (C=O) groups is 1. The summed E-state index contributed by atoms with van der Waals surface area (Å²) >= 11 is 0. The maximum atomic E-state index is 13.3. The molecule has 0 saturated heterocycles. The van der Waals surface area contributed by atoms with Crippen molar-refractivity contribution in [2.24, 2.45) is 0 Å². The van der Waals surface area contributed by atoms with Crippen LogP contribution in [-0.4, -0.2) is 41.5 Å². The molecule has 4 aromatic heterocycles. The van der Waals surface area contributed by atoms with Gasteiger partial charge in [-0.15, -0.1) is 0 Å². The lowest BCUT2D eigenvalue weighted by Gasteiger charge is -2.29. The minimum Gasteiger partial charge on any atom is -0.334 e. The highest BCUT2D eigenvalue weighted by atomic mass is 16.2. The zero-order chi connectivity index (χ0) is 21.0. The topological polar surface area (TPSA) is 85.4 Å². The van der Waals surface area contributed by atoms with Gasteiger partial charge in [0, 0.05) is 55.8 Å². The van der Waals surface area contributed by atoms with Crippen LogP contribution in [0.4, 0.5) is 0 Å². The van der Waals surface area contributed by atoms with Crippen molar-refractivity contribution in [3.8, 4) is 0 Å². The van der Waals surface area contributed by atoms with E-state index in [1.54, 1.807) is 23.2 Å². The molecule has 0 fully saturated rings. The van der Waals surface area contributed by atoms with E-state index in [0.29, 0.717) is 37.1 Å². The average Bonchev–Trinajstić information content (AvgIpc) is 3.14. The number of aryl methyl sites for hydroxylation is 3. The van der Waals surface area contributed by atoms with Gasteiger partial charge in [-0.25, -0.2) is 14.5 Å². The van der Waals surface area contributed by atoms with E-state index in [1.165, 1.54) is 0 Å². The molecule has 1 aliphatic rings. The standard InChI is InChI=1S/C22H22N6O2/c1-4-26-12-17(20(29)16-6-5-13(2)24-21(16)26)22(30)27-8-7-18-15(11-27)10-23-19-9-14(3)25-28(18)19/h5-6,9-10,12H,4,7-8,11H2,1-3H3. The average molecular weight is 402 g/mol. The first-order valence-corrected chi connectivity index (χ1v) is 10.1. The van der Waals surface area contributed by atoms with Gasteiger partial charge < -0.3 is 9.47 Å². The SMILES string of the molecule is CCn1cc(C(=O)N2CCc3c(cnc4cc(C)nn34)C2)c(=O)c2ccc(C)nc21. The van der Waals surface area contributed by atoms with Gasteiger partial charge in [0.2, 0.25) is 5.43 Å². The Kier molecular flexibility index (Phi) is 4.16. The van der Waals surface area contributed by atoms with Crippen LogP contribution < -0.4 is 5.43 Å². The number of hydrogen-bond donors (Lipinski definition) is 0. The van der Waals surface area contributed by atoms with Crippen LogP contribution in [0.15, 0.2) is 35.4 Å².